The van der Waals surface area contributed by atoms with Gasteiger partial charge < -0.3 is 20.4 Å². The summed E-state index contributed by atoms with van der Waals surface area (Å²) in [5.74, 6) is 0.629. The molecule has 0 aliphatic heterocycles. The van der Waals surface area contributed by atoms with Crippen molar-refractivity contribution in [2.75, 3.05) is 0 Å². The van der Waals surface area contributed by atoms with E-state index in [2.05, 4.69) is 12.1 Å². The maximum absolute atomic E-state index is 10.5. The molecular weight excluding hydrogens is 424 g/mol. The van der Waals surface area contributed by atoms with Crippen molar-refractivity contribution in [1.29, 1.82) is 0 Å². The van der Waals surface area contributed by atoms with E-state index >= 15 is 0 Å². The Morgan fingerprint density at radius 3 is 1.19 bits per heavy atom. The molecule has 0 atom stereocenters. The first kappa shape index (κ1) is 27.7. The van der Waals surface area contributed by atoms with Gasteiger partial charge >= 0.3 is 0 Å². The molecule has 0 aromatic heterocycles. The molecule has 0 heterocycles. The molecule has 0 amide bonds. The summed E-state index contributed by atoms with van der Waals surface area (Å²) in [6, 6.07) is 7.72. The van der Waals surface area contributed by atoms with Crippen LogP contribution in [0.4, 0.5) is 0 Å². The van der Waals surface area contributed by atoms with E-state index in [0.717, 1.165) is 36.8 Å². The average Bonchev–Trinajstić information content (AvgIpc) is 2.68. The van der Waals surface area contributed by atoms with Crippen LogP contribution in [-0.4, -0.2) is 32.6 Å². The van der Waals surface area contributed by atoms with Gasteiger partial charge in [-0.2, -0.15) is 0 Å². The number of fused-ring (bicyclic) bond motifs is 2. The number of phenolic OH excluding ortho intramolecular Hbond substituents is 2. The van der Waals surface area contributed by atoms with E-state index in [1.165, 1.54) is 47.9 Å². The zero-order valence-corrected chi connectivity index (χ0v) is 21.0. The van der Waals surface area contributed by atoms with Gasteiger partial charge in [0.15, 0.2) is 0 Å². The Bertz CT molecular complexity index is 756. The van der Waals surface area contributed by atoms with Crippen LogP contribution in [0, 0.1) is 0 Å². The molecule has 31 heavy (non-hydrogen) atoms. The minimum atomic E-state index is -0.167. The van der Waals surface area contributed by atoms with Crippen molar-refractivity contribution in [2.45, 2.75) is 91.3 Å². The summed E-state index contributed by atoms with van der Waals surface area (Å²) >= 11 is 0. The fraction of sp³-hybridized carbons (Fsp3) is 0.538. The minimum Gasteiger partial charge on any atom is -0.507 e. The van der Waals surface area contributed by atoms with Crippen LogP contribution < -0.4 is 0 Å². The second-order valence-electron chi connectivity index (χ2n) is 8.80. The summed E-state index contributed by atoms with van der Waals surface area (Å²) in [6.07, 6.45) is 8.60. The van der Waals surface area contributed by atoms with E-state index in [1.807, 2.05) is 0 Å². The van der Waals surface area contributed by atoms with Gasteiger partial charge in [0.2, 0.25) is 0 Å². The Hall–Kier alpha value is -1.33. The van der Waals surface area contributed by atoms with Crippen molar-refractivity contribution in [3.05, 3.63) is 46.5 Å². The van der Waals surface area contributed by atoms with Gasteiger partial charge in [0, 0.05) is 45.1 Å². The molecule has 0 saturated heterocycles. The van der Waals surface area contributed by atoms with E-state index in [1.54, 1.807) is 39.8 Å². The first-order valence-electron chi connectivity index (χ1n) is 11.3. The number of aromatic hydroxyl groups is 2. The van der Waals surface area contributed by atoms with Gasteiger partial charge in [0.1, 0.15) is 11.5 Å². The second-order valence-corrected chi connectivity index (χ2v) is 8.80. The summed E-state index contributed by atoms with van der Waals surface area (Å²) in [5.41, 5.74) is 6.97. The number of rotatable bonds is 1. The first-order valence-corrected chi connectivity index (χ1v) is 11.3. The third-order valence-electron chi connectivity index (χ3n) is 5.27. The Balaban J connectivity index is 0.000000465. The van der Waals surface area contributed by atoms with Crippen molar-refractivity contribution in [1.82, 2.24) is 0 Å². The molecule has 2 aliphatic rings. The fourth-order valence-electron chi connectivity index (χ4n) is 4.19. The third kappa shape index (κ3) is 7.95. The van der Waals surface area contributed by atoms with Gasteiger partial charge in [-0.25, -0.2) is 0 Å². The van der Waals surface area contributed by atoms with Gasteiger partial charge in [-0.3, -0.25) is 0 Å². The summed E-state index contributed by atoms with van der Waals surface area (Å²) in [5, 5.41) is 37.2. The van der Waals surface area contributed by atoms with E-state index in [9.17, 15) is 10.2 Å². The topological polar surface area (TPSA) is 80.9 Å². The standard InChI is InChI=1S/C20H22O2.2C3H8O.Ti/c21-17-11-9-13-5-1-3-7-15(13)19(17)20-16-8-4-2-6-14(16)10-12-18(20)22;2*1-3(2)4;/h9-12,21-22H,1-8H2;2*3-4H,1-2H3;. The molecule has 0 radical (unpaired) electrons. The molecule has 5 heteroatoms. The Morgan fingerprint density at radius 2 is 0.871 bits per heavy atom. The quantitative estimate of drug-likeness (QED) is 0.434. The molecule has 0 saturated carbocycles. The number of aliphatic hydroxyl groups is 2. The number of hydrogen-bond donors (Lipinski definition) is 4. The zero-order chi connectivity index (χ0) is 22.3. The van der Waals surface area contributed by atoms with Crippen LogP contribution in [0.25, 0.3) is 11.1 Å². The van der Waals surface area contributed by atoms with Crippen LogP contribution in [0.1, 0.15) is 75.6 Å². The number of phenols is 2. The largest absolute Gasteiger partial charge is 0.507 e. The van der Waals surface area contributed by atoms with Crippen molar-refractivity contribution < 1.29 is 42.1 Å². The normalized spacial score (nSPS) is 14.3. The summed E-state index contributed by atoms with van der Waals surface area (Å²) < 4.78 is 0. The molecule has 170 valence electrons. The zero-order valence-electron chi connectivity index (χ0n) is 19.4. The molecule has 4 nitrogen and oxygen atoms in total. The predicted molar refractivity (Wildman–Crippen MR) is 123 cm³/mol. The molecular formula is C26H38O4Ti. The van der Waals surface area contributed by atoms with Gasteiger partial charge in [0.05, 0.1) is 0 Å². The molecule has 2 aromatic rings. The monoisotopic (exact) mass is 462 g/mol. The predicted octanol–water partition coefficient (Wildman–Crippen LogP) is 5.29. The van der Waals surface area contributed by atoms with Crippen molar-refractivity contribution in [2.24, 2.45) is 0 Å². The summed E-state index contributed by atoms with van der Waals surface area (Å²) in [7, 11) is 0. The molecule has 0 spiro atoms. The molecule has 2 aliphatic carbocycles. The van der Waals surface area contributed by atoms with Gasteiger partial charge in [-0.15, -0.1) is 0 Å². The average molecular weight is 462 g/mol. The summed E-state index contributed by atoms with van der Waals surface area (Å²) in [6.45, 7) is 6.89. The Kier molecular flexibility index (Phi) is 11.9. The van der Waals surface area contributed by atoms with Crippen LogP contribution in [0.2, 0.25) is 0 Å². The van der Waals surface area contributed by atoms with Crippen LogP contribution >= 0.6 is 0 Å². The van der Waals surface area contributed by atoms with Crippen LogP contribution in [0.5, 0.6) is 11.5 Å². The number of aryl methyl sites for hydroxylation is 2. The van der Waals surface area contributed by atoms with Crippen molar-refractivity contribution in [3.63, 3.8) is 0 Å². The van der Waals surface area contributed by atoms with Gasteiger partial charge in [-0.1, -0.05) is 12.1 Å². The van der Waals surface area contributed by atoms with Crippen molar-refractivity contribution >= 4 is 0 Å². The maximum Gasteiger partial charge on any atom is 0.123 e. The summed E-state index contributed by atoms with van der Waals surface area (Å²) in [4.78, 5) is 0. The minimum absolute atomic E-state index is 0. The molecule has 4 N–H and O–H groups in total. The third-order valence-corrected chi connectivity index (χ3v) is 5.27. The van der Waals surface area contributed by atoms with E-state index in [4.69, 9.17) is 10.2 Å². The molecule has 0 fully saturated rings. The molecule has 0 unspecified atom stereocenters. The van der Waals surface area contributed by atoms with Gasteiger partial charge in [-0.05, 0) is 113 Å². The molecule has 4 rings (SSSR count). The number of hydrogen-bond acceptors (Lipinski definition) is 4. The number of benzene rings is 2. The SMILES string of the molecule is CC(C)O.CC(C)O.Oc1ccc2c(c1-c1c(O)ccc3c1CCCC3)CCCC2.[Ti]. The van der Waals surface area contributed by atoms with Crippen molar-refractivity contribution in [3.8, 4) is 22.6 Å². The van der Waals surface area contributed by atoms with E-state index < -0.39 is 0 Å². The molecule has 2 aromatic carbocycles. The maximum atomic E-state index is 10.5. The second kappa shape index (κ2) is 13.3. The van der Waals surface area contributed by atoms with Crippen LogP contribution in [0.3, 0.4) is 0 Å². The van der Waals surface area contributed by atoms with Crippen LogP contribution in [-0.2, 0) is 47.4 Å². The van der Waals surface area contributed by atoms with Crippen LogP contribution in [0.15, 0.2) is 24.3 Å². The number of aliphatic hydroxyl groups excluding tert-OH is 2. The first-order chi connectivity index (χ1) is 14.2. The molecule has 0 bridgehead atoms. The smallest absolute Gasteiger partial charge is 0.123 e. The Morgan fingerprint density at radius 1 is 0.581 bits per heavy atom. The van der Waals surface area contributed by atoms with E-state index in [0.29, 0.717) is 11.5 Å². The van der Waals surface area contributed by atoms with E-state index in [-0.39, 0.29) is 33.9 Å². The fourth-order valence-corrected chi connectivity index (χ4v) is 4.19. The Labute approximate surface area is 202 Å². The van der Waals surface area contributed by atoms with Gasteiger partial charge in [0.25, 0.3) is 0 Å².